The third-order valence-corrected chi connectivity index (χ3v) is 3.16. The number of benzene rings is 1. The molecule has 1 aromatic carbocycles. The number of amides is 1. The number of para-hydroxylation sites is 2. The minimum absolute atomic E-state index is 0.202. The van der Waals surface area contributed by atoms with Crippen LogP contribution in [0.5, 0.6) is 5.75 Å². The second-order valence-electron chi connectivity index (χ2n) is 4.97. The van der Waals surface area contributed by atoms with Crippen LogP contribution in [0.1, 0.15) is 37.2 Å². The molecule has 6 heteroatoms. The Hall–Kier alpha value is -2.63. The van der Waals surface area contributed by atoms with Gasteiger partial charge in [0.05, 0.1) is 12.3 Å². The predicted molar refractivity (Wildman–Crippen MR) is 90.2 cm³/mol. The smallest absolute Gasteiger partial charge is 0.271 e. The number of rotatable bonds is 8. The fraction of sp³-hybridized carbons (Fsp3) is 0.353. The molecule has 0 aliphatic rings. The second-order valence-corrected chi connectivity index (χ2v) is 4.97. The normalized spacial score (nSPS) is 10.2. The van der Waals surface area contributed by atoms with Crippen molar-refractivity contribution in [3.05, 3.63) is 42.1 Å². The van der Waals surface area contributed by atoms with E-state index in [1.807, 2.05) is 31.2 Å². The van der Waals surface area contributed by atoms with Crippen molar-refractivity contribution < 1.29 is 9.53 Å². The molecule has 6 nitrogen and oxygen atoms in total. The summed E-state index contributed by atoms with van der Waals surface area (Å²) in [5, 5.41) is 14.0. The summed E-state index contributed by atoms with van der Waals surface area (Å²) in [7, 11) is 0. The van der Waals surface area contributed by atoms with Gasteiger partial charge in [-0.15, -0.1) is 10.2 Å². The molecule has 2 N–H and O–H groups in total. The van der Waals surface area contributed by atoms with Crippen LogP contribution in [0.15, 0.2) is 36.4 Å². The highest BCUT2D eigenvalue weighted by Crippen LogP contribution is 2.26. The van der Waals surface area contributed by atoms with Crippen LogP contribution in [0.4, 0.5) is 11.5 Å². The Labute approximate surface area is 136 Å². The third kappa shape index (κ3) is 4.95. The van der Waals surface area contributed by atoms with E-state index in [-0.39, 0.29) is 5.91 Å². The number of nitrogens with zero attached hydrogens (tertiary/aromatic N) is 2. The zero-order chi connectivity index (χ0) is 16.5. The van der Waals surface area contributed by atoms with Crippen LogP contribution in [0, 0.1) is 0 Å². The zero-order valence-corrected chi connectivity index (χ0v) is 13.5. The van der Waals surface area contributed by atoms with Crippen molar-refractivity contribution in [3.8, 4) is 5.75 Å². The molecule has 1 aromatic heterocycles. The first-order chi connectivity index (χ1) is 11.2. The molecule has 0 fully saturated rings. The zero-order valence-electron chi connectivity index (χ0n) is 13.5. The molecule has 0 aliphatic carbocycles. The van der Waals surface area contributed by atoms with E-state index < -0.39 is 0 Å². The third-order valence-electron chi connectivity index (χ3n) is 3.16. The Balaban J connectivity index is 2.01. The number of carbonyl (C=O) groups is 1. The van der Waals surface area contributed by atoms with E-state index in [9.17, 15) is 4.79 Å². The standard InChI is InChI=1S/C17H22N4O2/c1-3-5-12-18-17(22)14-10-11-16(21-20-14)19-13-8-6-7-9-15(13)23-4-2/h6-11H,3-5,12H2,1-2H3,(H,18,22)(H,19,21). The second kappa shape index (κ2) is 8.73. The Morgan fingerprint density at radius 3 is 2.65 bits per heavy atom. The van der Waals surface area contributed by atoms with Crippen LogP contribution >= 0.6 is 0 Å². The van der Waals surface area contributed by atoms with E-state index in [4.69, 9.17) is 4.74 Å². The molecule has 0 spiro atoms. The molecule has 1 heterocycles. The summed E-state index contributed by atoms with van der Waals surface area (Å²) in [5.74, 6) is 1.10. The van der Waals surface area contributed by atoms with Gasteiger partial charge in [-0.2, -0.15) is 0 Å². The molecule has 2 aromatic rings. The van der Waals surface area contributed by atoms with E-state index in [1.165, 1.54) is 0 Å². The van der Waals surface area contributed by atoms with Crippen molar-refractivity contribution in [2.45, 2.75) is 26.7 Å². The van der Waals surface area contributed by atoms with Gasteiger partial charge in [0, 0.05) is 6.54 Å². The van der Waals surface area contributed by atoms with Crippen LogP contribution < -0.4 is 15.4 Å². The summed E-state index contributed by atoms with van der Waals surface area (Å²) in [6.07, 6.45) is 1.99. The maximum absolute atomic E-state index is 11.9. The number of nitrogens with one attached hydrogen (secondary N) is 2. The average Bonchev–Trinajstić information content (AvgIpc) is 2.58. The number of carbonyl (C=O) groups excluding carboxylic acids is 1. The van der Waals surface area contributed by atoms with Gasteiger partial charge < -0.3 is 15.4 Å². The Kier molecular flexibility index (Phi) is 6.35. The molecule has 0 aliphatic heterocycles. The van der Waals surface area contributed by atoms with Crippen LogP contribution in [-0.2, 0) is 0 Å². The molecule has 0 saturated carbocycles. The molecule has 1 amide bonds. The molecule has 122 valence electrons. The van der Waals surface area contributed by atoms with Crippen LogP contribution in [0.25, 0.3) is 0 Å². The quantitative estimate of drug-likeness (QED) is 0.732. The molecule has 2 rings (SSSR count). The molecular weight excluding hydrogens is 292 g/mol. The molecule has 0 radical (unpaired) electrons. The van der Waals surface area contributed by atoms with E-state index in [0.29, 0.717) is 24.7 Å². The number of hydrogen-bond donors (Lipinski definition) is 2. The van der Waals surface area contributed by atoms with Gasteiger partial charge in [0.2, 0.25) is 0 Å². The number of unbranched alkanes of at least 4 members (excludes halogenated alkanes) is 1. The summed E-state index contributed by atoms with van der Waals surface area (Å²) in [6, 6.07) is 11.0. The maximum Gasteiger partial charge on any atom is 0.271 e. The van der Waals surface area contributed by atoms with Gasteiger partial charge in [0.15, 0.2) is 11.5 Å². The molecule has 0 unspecified atom stereocenters. The Morgan fingerprint density at radius 1 is 1.13 bits per heavy atom. The minimum Gasteiger partial charge on any atom is -0.492 e. The first-order valence-electron chi connectivity index (χ1n) is 7.85. The van der Waals surface area contributed by atoms with Crippen molar-refractivity contribution in [2.24, 2.45) is 0 Å². The average molecular weight is 314 g/mol. The van der Waals surface area contributed by atoms with Gasteiger partial charge >= 0.3 is 0 Å². The lowest BCUT2D eigenvalue weighted by molar-refractivity contribution is 0.0947. The summed E-state index contributed by atoms with van der Waals surface area (Å²) >= 11 is 0. The van der Waals surface area contributed by atoms with Crippen LogP contribution in [-0.4, -0.2) is 29.3 Å². The first-order valence-corrected chi connectivity index (χ1v) is 7.85. The monoisotopic (exact) mass is 314 g/mol. The first kappa shape index (κ1) is 16.7. The van der Waals surface area contributed by atoms with E-state index in [2.05, 4.69) is 27.8 Å². The summed E-state index contributed by atoms with van der Waals surface area (Å²) in [6.45, 7) is 5.25. The molecule has 23 heavy (non-hydrogen) atoms. The largest absolute Gasteiger partial charge is 0.492 e. The lowest BCUT2D eigenvalue weighted by Gasteiger charge is -2.11. The predicted octanol–water partition coefficient (Wildman–Crippen LogP) is 3.15. The van der Waals surface area contributed by atoms with Crippen molar-refractivity contribution >= 4 is 17.4 Å². The molecular formula is C17H22N4O2. The van der Waals surface area contributed by atoms with Gasteiger partial charge in [-0.3, -0.25) is 4.79 Å². The van der Waals surface area contributed by atoms with Gasteiger partial charge in [-0.1, -0.05) is 25.5 Å². The molecule has 0 saturated heterocycles. The summed E-state index contributed by atoms with van der Waals surface area (Å²) in [5.41, 5.74) is 1.12. The summed E-state index contributed by atoms with van der Waals surface area (Å²) < 4.78 is 5.55. The van der Waals surface area contributed by atoms with Gasteiger partial charge in [0.1, 0.15) is 5.75 Å². The van der Waals surface area contributed by atoms with Crippen LogP contribution in [0.3, 0.4) is 0 Å². The lowest BCUT2D eigenvalue weighted by atomic mass is 10.3. The SMILES string of the molecule is CCCCNC(=O)c1ccc(Nc2ccccc2OCC)nn1. The number of ether oxygens (including phenoxy) is 1. The summed E-state index contributed by atoms with van der Waals surface area (Å²) in [4.78, 5) is 11.9. The maximum atomic E-state index is 11.9. The van der Waals surface area contributed by atoms with Crippen molar-refractivity contribution in [3.63, 3.8) is 0 Å². The van der Waals surface area contributed by atoms with Crippen molar-refractivity contribution in [1.82, 2.24) is 15.5 Å². The fourth-order valence-electron chi connectivity index (χ4n) is 1.98. The topological polar surface area (TPSA) is 76.1 Å². The van der Waals surface area contributed by atoms with E-state index >= 15 is 0 Å². The molecule has 0 atom stereocenters. The van der Waals surface area contributed by atoms with Gasteiger partial charge in [-0.25, -0.2) is 0 Å². The number of aromatic nitrogens is 2. The highest BCUT2D eigenvalue weighted by atomic mass is 16.5. The van der Waals surface area contributed by atoms with Gasteiger partial charge in [0.25, 0.3) is 5.91 Å². The highest BCUT2D eigenvalue weighted by Gasteiger charge is 2.08. The molecule has 0 bridgehead atoms. The highest BCUT2D eigenvalue weighted by molar-refractivity contribution is 5.92. The Bertz CT molecular complexity index is 629. The number of anilines is 2. The van der Waals surface area contributed by atoms with Gasteiger partial charge in [-0.05, 0) is 37.6 Å². The minimum atomic E-state index is -0.202. The fourth-order valence-corrected chi connectivity index (χ4v) is 1.98. The van der Waals surface area contributed by atoms with Crippen molar-refractivity contribution in [2.75, 3.05) is 18.5 Å². The van der Waals surface area contributed by atoms with Crippen LogP contribution in [0.2, 0.25) is 0 Å². The van der Waals surface area contributed by atoms with E-state index in [0.717, 1.165) is 24.3 Å². The lowest BCUT2D eigenvalue weighted by Crippen LogP contribution is -2.25. The Morgan fingerprint density at radius 2 is 1.96 bits per heavy atom. The van der Waals surface area contributed by atoms with Crippen molar-refractivity contribution in [1.29, 1.82) is 0 Å². The van der Waals surface area contributed by atoms with E-state index in [1.54, 1.807) is 12.1 Å². The number of hydrogen-bond acceptors (Lipinski definition) is 5.